The lowest BCUT2D eigenvalue weighted by molar-refractivity contribution is 0.0518. The molecule has 2 amide bonds. The normalized spacial score (nSPS) is 13.0. The first-order valence-electron chi connectivity index (χ1n) is 15.2. The van der Waals surface area contributed by atoms with Crippen molar-refractivity contribution in [3.8, 4) is 0 Å². The van der Waals surface area contributed by atoms with E-state index in [0.717, 1.165) is 16.5 Å². The molecular weight excluding hydrogens is 658 g/mol. The van der Waals surface area contributed by atoms with Crippen LogP contribution in [0.4, 0.5) is 4.79 Å². The number of halogens is 2. The summed E-state index contributed by atoms with van der Waals surface area (Å²) in [6, 6.07) is 18.3. The Hall–Kier alpha value is -3.63. The van der Waals surface area contributed by atoms with Gasteiger partial charge in [-0.3, -0.25) is 9.36 Å². The van der Waals surface area contributed by atoms with Crippen LogP contribution in [0.5, 0.6) is 0 Å². The van der Waals surface area contributed by atoms with Crippen LogP contribution < -0.4 is 11.0 Å². The highest BCUT2D eigenvalue weighted by atomic mass is 79.9. The first-order chi connectivity index (χ1) is 21.3. The van der Waals surface area contributed by atoms with Gasteiger partial charge in [-0.25, -0.2) is 9.59 Å². The van der Waals surface area contributed by atoms with Gasteiger partial charge in [0.15, 0.2) is 0 Å². The SMILES string of the molecule is CCC(C)C(c1cc2c(Cl)c(C)nn2c(=O)n1Cc1ccccc1)N(CCCNC(=O)OC(C)(C)C)C(=O)c1ccc(Br)cc1. The van der Waals surface area contributed by atoms with Crippen LogP contribution in [0.3, 0.4) is 0 Å². The van der Waals surface area contributed by atoms with Gasteiger partial charge in [0.25, 0.3) is 5.91 Å². The van der Waals surface area contributed by atoms with Crippen molar-refractivity contribution < 1.29 is 14.3 Å². The summed E-state index contributed by atoms with van der Waals surface area (Å²) in [4.78, 5) is 42.6. The number of benzene rings is 2. The zero-order valence-electron chi connectivity index (χ0n) is 26.6. The van der Waals surface area contributed by atoms with Crippen LogP contribution in [0.15, 0.2) is 69.9 Å². The molecule has 9 nitrogen and oxygen atoms in total. The number of hydrogen-bond donors (Lipinski definition) is 1. The number of nitrogens with one attached hydrogen (secondary N) is 1. The smallest absolute Gasteiger partial charge is 0.407 e. The number of aryl methyl sites for hydroxylation is 1. The van der Waals surface area contributed by atoms with Gasteiger partial charge in [-0.1, -0.05) is 78.1 Å². The Kier molecular flexibility index (Phi) is 11.1. The van der Waals surface area contributed by atoms with E-state index in [4.69, 9.17) is 16.3 Å². The minimum atomic E-state index is -0.621. The standard InChI is InChI=1S/C34H41BrClN5O4/c1-7-22(2)30(28-20-27-29(36)23(3)38-41(27)33(44)40(28)21-24-12-9-8-10-13-24)39(31(42)25-14-16-26(35)17-15-25)19-11-18-37-32(43)45-34(4,5)6/h8-10,12-17,20,22,30H,7,11,18-19,21H2,1-6H3,(H,37,43). The Morgan fingerprint density at radius 1 is 1.11 bits per heavy atom. The Morgan fingerprint density at radius 2 is 1.78 bits per heavy atom. The van der Waals surface area contributed by atoms with Gasteiger partial charge in [0, 0.05) is 28.8 Å². The summed E-state index contributed by atoms with van der Waals surface area (Å²) < 4.78 is 9.28. The summed E-state index contributed by atoms with van der Waals surface area (Å²) in [5, 5.41) is 7.63. The number of nitrogens with zero attached hydrogens (tertiary/aromatic N) is 4. The van der Waals surface area contributed by atoms with Gasteiger partial charge in [-0.2, -0.15) is 9.61 Å². The molecule has 2 aromatic carbocycles. The summed E-state index contributed by atoms with van der Waals surface area (Å²) >= 11 is 10.1. The molecule has 2 unspecified atom stereocenters. The van der Waals surface area contributed by atoms with Crippen molar-refractivity contribution >= 4 is 45.0 Å². The van der Waals surface area contributed by atoms with E-state index in [1.165, 1.54) is 4.52 Å². The molecule has 0 radical (unpaired) electrons. The minimum absolute atomic E-state index is 0.0464. The van der Waals surface area contributed by atoms with Gasteiger partial charge >= 0.3 is 11.8 Å². The van der Waals surface area contributed by atoms with E-state index < -0.39 is 17.7 Å². The highest BCUT2D eigenvalue weighted by molar-refractivity contribution is 9.10. The predicted octanol–water partition coefficient (Wildman–Crippen LogP) is 7.41. The molecular formula is C34H41BrClN5O4. The lowest BCUT2D eigenvalue weighted by atomic mass is 9.92. The molecule has 11 heteroatoms. The topological polar surface area (TPSA) is 97.9 Å². The van der Waals surface area contributed by atoms with Crippen molar-refractivity contribution in [2.45, 2.75) is 72.6 Å². The van der Waals surface area contributed by atoms with Crippen molar-refractivity contribution in [3.63, 3.8) is 0 Å². The van der Waals surface area contributed by atoms with Crippen LogP contribution in [-0.4, -0.2) is 49.8 Å². The predicted molar refractivity (Wildman–Crippen MR) is 181 cm³/mol. The third-order valence-corrected chi connectivity index (χ3v) is 8.63. The highest BCUT2D eigenvalue weighted by Gasteiger charge is 2.33. The van der Waals surface area contributed by atoms with Gasteiger partial charge in [0.2, 0.25) is 0 Å². The van der Waals surface area contributed by atoms with Crippen molar-refractivity contribution in [1.29, 1.82) is 0 Å². The first kappa shape index (κ1) is 34.2. The maximum Gasteiger partial charge on any atom is 0.407 e. The summed E-state index contributed by atoms with van der Waals surface area (Å²) in [7, 11) is 0. The largest absolute Gasteiger partial charge is 0.444 e. The van der Waals surface area contributed by atoms with Crippen LogP contribution in [-0.2, 0) is 11.3 Å². The van der Waals surface area contributed by atoms with E-state index in [1.807, 2.05) is 74.2 Å². The number of aromatic nitrogens is 3. The number of carbonyl (C=O) groups is 2. The molecule has 240 valence electrons. The summed E-state index contributed by atoms with van der Waals surface area (Å²) in [6.45, 7) is 12.2. The van der Waals surface area contributed by atoms with Crippen LogP contribution >= 0.6 is 27.5 Å². The monoisotopic (exact) mass is 697 g/mol. The Morgan fingerprint density at radius 3 is 2.40 bits per heavy atom. The van der Waals surface area contributed by atoms with Gasteiger partial charge in [0.1, 0.15) is 5.60 Å². The second-order valence-corrected chi connectivity index (χ2v) is 13.5. The average Bonchev–Trinajstić information content (AvgIpc) is 3.28. The lowest BCUT2D eigenvalue weighted by Gasteiger charge is -2.37. The van der Waals surface area contributed by atoms with Crippen LogP contribution in [0.25, 0.3) is 5.52 Å². The fourth-order valence-electron chi connectivity index (χ4n) is 5.27. The number of rotatable bonds is 11. The molecule has 0 saturated carbocycles. The Bertz CT molecular complexity index is 1700. The molecule has 0 saturated heterocycles. The molecule has 0 aliphatic carbocycles. The molecule has 2 aromatic heterocycles. The number of hydrogen-bond acceptors (Lipinski definition) is 5. The molecule has 2 atom stereocenters. The number of fused-ring (bicyclic) bond motifs is 1. The van der Waals surface area contributed by atoms with E-state index in [1.54, 1.807) is 23.6 Å². The number of carbonyl (C=O) groups excluding carboxylic acids is 2. The molecule has 4 aromatic rings. The molecule has 0 fully saturated rings. The summed E-state index contributed by atoms with van der Waals surface area (Å²) in [5.74, 6) is -0.227. The van der Waals surface area contributed by atoms with Crippen molar-refractivity contribution in [1.82, 2.24) is 24.4 Å². The molecule has 0 aliphatic rings. The van der Waals surface area contributed by atoms with Crippen molar-refractivity contribution in [3.05, 3.63) is 103 Å². The van der Waals surface area contributed by atoms with Crippen LogP contribution in [0, 0.1) is 12.8 Å². The number of alkyl carbamates (subject to hydrolysis) is 1. The molecule has 0 aliphatic heterocycles. The molecule has 0 bridgehead atoms. The van der Waals surface area contributed by atoms with E-state index >= 15 is 0 Å². The average molecular weight is 699 g/mol. The maximum absolute atomic E-state index is 14.4. The quantitative estimate of drug-likeness (QED) is 0.165. The third-order valence-electron chi connectivity index (χ3n) is 7.63. The molecule has 4 rings (SSSR count). The zero-order chi connectivity index (χ0) is 32.9. The minimum Gasteiger partial charge on any atom is -0.444 e. The lowest BCUT2D eigenvalue weighted by Crippen LogP contribution is -2.43. The van der Waals surface area contributed by atoms with Gasteiger partial charge < -0.3 is 15.0 Å². The third kappa shape index (κ3) is 8.35. The molecule has 2 heterocycles. The van der Waals surface area contributed by atoms with E-state index in [2.05, 4.69) is 40.2 Å². The van der Waals surface area contributed by atoms with E-state index in [9.17, 15) is 14.4 Å². The first-order valence-corrected chi connectivity index (χ1v) is 16.3. The van der Waals surface area contributed by atoms with Crippen LogP contribution in [0.1, 0.15) is 80.8 Å². The summed E-state index contributed by atoms with van der Waals surface area (Å²) in [5.41, 5.74) is 2.20. The number of amides is 2. The van der Waals surface area contributed by atoms with Crippen molar-refractivity contribution in [2.24, 2.45) is 5.92 Å². The fourth-order valence-corrected chi connectivity index (χ4v) is 5.71. The highest BCUT2D eigenvalue weighted by Crippen LogP contribution is 2.34. The fraction of sp³-hybridized carbons (Fsp3) is 0.412. The van der Waals surface area contributed by atoms with Gasteiger partial charge in [0.05, 0.1) is 28.8 Å². The van der Waals surface area contributed by atoms with E-state index in [0.29, 0.717) is 47.0 Å². The zero-order valence-corrected chi connectivity index (χ0v) is 29.0. The van der Waals surface area contributed by atoms with Crippen molar-refractivity contribution in [2.75, 3.05) is 13.1 Å². The van der Waals surface area contributed by atoms with Gasteiger partial charge in [-0.15, -0.1) is 0 Å². The Balaban J connectivity index is 1.83. The molecule has 0 spiro atoms. The summed E-state index contributed by atoms with van der Waals surface area (Å²) in [6.07, 6.45) is 0.688. The van der Waals surface area contributed by atoms with Crippen LogP contribution in [0.2, 0.25) is 5.02 Å². The molecule has 1 N–H and O–H groups in total. The van der Waals surface area contributed by atoms with E-state index in [-0.39, 0.29) is 24.1 Å². The maximum atomic E-state index is 14.4. The van der Waals surface area contributed by atoms with Gasteiger partial charge in [-0.05, 0) is 75.9 Å². The second kappa shape index (κ2) is 14.6. The molecule has 45 heavy (non-hydrogen) atoms. The Labute approximate surface area is 277 Å². The second-order valence-electron chi connectivity index (χ2n) is 12.2. The number of ether oxygens (including phenoxy) is 1.